The summed E-state index contributed by atoms with van der Waals surface area (Å²) < 4.78 is 19.0. The van der Waals surface area contributed by atoms with E-state index in [1.165, 1.54) is 17.3 Å². The number of halogens is 1. The largest absolute Gasteiger partial charge is 0.383 e. The maximum absolute atomic E-state index is 14.1. The van der Waals surface area contributed by atoms with E-state index >= 15 is 0 Å². The average molecular weight is 305 g/mol. The lowest BCUT2D eigenvalue weighted by Crippen LogP contribution is -2.18. The first-order valence-corrected chi connectivity index (χ1v) is 7.93. The third-order valence-electron chi connectivity index (χ3n) is 3.05. The Bertz CT molecular complexity index is 548. The van der Waals surface area contributed by atoms with Gasteiger partial charge in [-0.05, 0) is 23.3 Å². The van der Waals surface area contributed by atoms with Crippen LogP contribution < -0.4 is 5.32 Å². The maximum atomic E-state index is 14.1. The number of benzene rings is 2. The van der Waals surface area contributed by atoms with E-state index in [1.807, 2.05) is 30.3 Å². The molecule has 0 unspecified atom stereocenters. The molecule has 0 atom stereocenters. The summed E-state index contributed by atoms with van der Waals surface area (Å²) in [5.41, 5.74) is 2.15. The van der Waals surface area contributed by atoms with Crippen molar-refractivity contribution in [2.75, 3.05) is 20.3 Å². The van der Waals surface area contributed by atoms with Crippen molar-refractivity contribution >= 4 is 11.8 Å². The molecule has 2 rings (SSSR count). The minimum absolute atomic E-state index is 0.151. The highest BCUT2D eigenvalue weighted by Gasteiger charge is 2.05. The Morgan fingerprint density at radius 3 is 2.62 bits per heavy atom. The highest BCUT2D eigenvalue weighted by atomic mass is 32.2. The van der Waals surface area contributed by atoms with Crippen LogP contribution in [0.3, 0.4) is 0 Å². The van der Waals surface area contributed by atoms with Gasteiger partial charge in [-0.1, -0.05) is 36.4 Å². The molecule has 4 heteroatoms. The summed E-state index contributed by atoms with van der Waals surface area (Å²) in [4.78, 5) is 0.694. The number of methoxy groups -OCH3 is 1. The molecule has 0 saturated carbocycles. The van der Waals surface area contributed by atoms with E-state index in [0.717, 1.165) is 17.9 Å². The van der Waals surface area contributed by atoms with Gasteiger partial charge in [0.1, 0.15) is 5.82 Å². The topological polar surface area (TPSA) is 21.3 Å². The van der Waals surface area contributed by atoms with E-state index in [1.54, 1.807) is 13.2 Å². The third-order valence-corrected chi connectivity index (χ3v) is 4.17. The van der Waals surface area contributed by atoms with Gasteiger partial charge in [-0.2, -0.15) is 0 Å². The van der Waals surface area contributed by atoms with Crippen LogP contribution in [0.15, 0.2) is 53.4 Å². The summed E-state index contributed by atoms with van der Waals surface area (Å²) in [6, 6.07) is 15.5. The normalized spacial score (nSPS) is 10.8. The first-order chi connectivity index (χ1) is 10.3. The second-order valence-corrected chi connectivity index (χ2v) is 5.73. The molecule has 0 aliphatic carbocycles. The summed E-state index contributed by atoms with van der Waals surface area (Å²) in [7, 11) is 1.67. The molecule has 2 aromatic carbocycles. The van der Waals surface area contributed by atoms with Crippen molar-refractivity contribution < 1.29 is 9.13 Å². The Morgan fingerprint density at radius 1 is 1.10 bits per heavy atom. The van der Waals surface area contributed by atoms with Crippen LogP contribution in [0.1, 0.15) is 11.1 Å². The number of rotatable bonds is 8. The smallest absolute Gasteiger partial charge is 0.137 e. The van der Waals surface area contributed by atoms with Crippen molar-refractivity contribution in [3.63, 3.8) is 0 Å². The molecule has 0 bridgehead atoms. The minimum Gasteiger partial charge on any atom is -0.383 e. The van der Waals surface area contributed by atoms with Crippen LogP contribution in [0.5, 0.6) is 0 Å². The molecule has 0 amide bonds. The van der Waals surface area contributed by atoms with Crippen molar-refractivity contribution in [3.8, 4) is 0 Å². The van der Waals surface area contributed by atoms with Crippen molar-refractivity contribution in [1.82, 2.24) is 5.32 Å². The fourth-order valence-corrected chi connectivity index (χ4v) is 2.79. The lowest BCUT2D eigenvalue weighted by molar-refractivity contribution is 0.199. The van der Waals surface area contributed by atoms with E-state index in [2.05, 4.69) is 17.4 Å². The minimum atomic E-state index is -0.151. The molecule has 0 aliphatic rings. The van der Waals surface area contributed by atoms with Crippen LogP contribution in [0.25, 0.3) is 0 Å². The van der Waals surface area contributed by atoms with Crippen LogP contribution in [-0.4, -0.2) is 20.3 Å². The number of hydrogen-bond donors (Lipinski definition) is 1. The number of hydrogen-bond acceptors (Lipinski definition) is 3. The quantitative estimate of drug-likeness (QED) is 0.591. The first kappa shape index (κ1) is 16.0. The molecule has 0 fully saturated rings. The van der Waals surface area contributed by atoms with Gasteiger partial charge >= 0.3 is 0 Å². The molecule has 21 heavy (non-hydrogen) atoms. The predicted molar refractivity (Wildman–Crippen MR) is 86.0 cm³/mol. The zero-order valence-electron chi connectivity index (χ0n) is 12.1. The molecule has 0 aliphatic heterocycles. The van der Waals surface area contributed by atoms with Gasteiger partial charge in [0.05, 0.1) is 6.61 Å². The molecule has 112 valence electrons. The Balaban J connectivity index is 1.87. The maximum Gasteiger partial charge on any atom is 0.137 e. The van der Waals surface area contributed by atoms with E-state index in [4.69, 9.17) is 4.74 Å². The highest BCUT2D eigenvalue weighted by Crippen LogP contribution is 2.26. The lowest BCUT2D eigenvalue weighted by Gasteiger charge is -2.07. The van der Waals surface area contributed by atoms with E-state index < -0.39 is 0 Å². The summed E-state index contributed by atoms with van der Waals surface area (Å²) in [6.45, 7) is 2.08. The summed E-state index contributed by atoms with van der Waals surface area (Å²) >= 11 is 1.53. The van der Waals surface area contributed by atoms with Gasteiger partial charge in [0.15, 0.2) is 0 Å². The van der Waals surface area contributed by atoms with Gasteiger partial charge in [0, 0.05) is 30.8 Å². The monoisotopic (exact) mass is 305 g/mol. The third kappa shape index (κ3) is 5.50. The summed E-state index contributed by atoms with van der Waals surface area (Å²) in [6.07, 6.45) is 0. The van der Waals surface area contributed by atoms with Crippen LogP contribution in [0, 0.1) is 5.82 Å². The Morgan fingerprint density at radius 2 is 1.90 bits per heavy atom. The van der Waals surface area contributed by atoms with E-state index in [9.17, 15) is 4.39 Å². The molecular formula is C17H20FNOS. The second kappa shape index (κ2) is 8.82. The molecule has 1 N–H and O–H groups in total. The molecule has 2 aromatic rings. The lowest BCUT2D eigenvalue weighted by atomic mass is 10.2. The summed E-state index contributed by atoms with van der Waals surface area (Å²) in [5, 5.41) is 3.21. The van der Waals surface area contributed by atoms with Crippen molar-refractivity contribution in [2.24, 2.45) is 0 Å². The second-order valence-electron chi connectivity index (χ2n) is 4.71. The van der Waals surface area contributed by atoms with E-state index in [-0.39, 0.29) is 5.82 Å². The molecule has 0 radical (unpaired) electrons. The average Bonchev–Trinajstić information content (AvgIpc) is 2.52. The van der Waals surface area contributed by atoms with Gasteiger partial charge in [-0.3, -0.25) is 0 Å². The molecule has 0 spiro atoms. The fraction of sp³-hybridized carbons (Fsp3) is 0.294. The fourth-order valence-electron chi connectivity index (χ4n) is 1.91. The predicted octanol–water partition coefficient (Wildman–Crippen LogP) is 3.85. The first-order valence-electron chi connectivity index (χ1n) is 6.94. The molecule has 2 nitrogen and oxygen atoms in total. The van der Waals surface area contributed by atoms with Gasteiger partial charge in [-0.15, -0.1) is 11.8 Å². The zero-order chi connectivity index (χ0) is 14.9. The van der Waals surface area contributed by atoms with Crippen molar-refractivity contribution in [1.29, 1.82) is 0 Å². The number of thioether (sulfide) groups is 1. The highest BCUT2D eigenvalue weighted by molar-refractivity contribution is 7.98. The van der Waals surface area contributed by atoms with Crippen LogP contribution in [0.4, 0.5) is 4.39 Å². The van der Waals surface area contributed by atoms with Crippen LogP contribution in [-0.2, 0) is 17.0 Å². The van der Waals surface area contributed by atoms with Crippen molar-refractivity contribution in [3.05, 3.63) is 65.5 Å². The number of nitrogens with one attached hydrogen (secondary N) is 1. The van der Waals surface area contributed by atoms with Gasteiger partial charge < -0.3 is 10.1 Å². The summed E-state index contributed by atoms with van der Waals surface area (Å²) in [5.74, 6) is 0.630. The molecule has 0 heterocycles. The molecular weight excluding hydrogens is 285 g/mol. The molecule has 0 aromatic heterocycles. The van der Waals surface area contributed by atoms with Crippen LogP contribution in [0.2, 0.25) is 0 Å². The standard InChI is InChI=1S/C17H20FNOS/c1-20-10-9-19-12-15-7-8-17(16(18)11-15)21-13-14-5-3-2-4-6-14/h2-8,11,19H,9-10,12-13H2,1H3. The Hall–Kier alpha value is -1.36. The Kier molecular flexibility index (Phi) is 6.73. The SMILES string of the molecule is COCCNCc1ccc(SCc2ccccc2)c(F)c1. The van der Waals surface area contributed by atoms with Crippen molar-refractivity contribution in [2.45, 2.75) is 17.2 Å². The van der Waals surface area contributed by atoms with E-state index in [0.29, 0.717) is 18.0 Å². The number of ether oxygens (including phenoxy) is 1. The van der Waals surface area contributed by atoms with Gasteiger partial charge in [-0.25, -0.2) is 4.39 Å². The van der Waals surface area contributed by atoms with Gasteiger partial charge in [0.25, 0.3) is 0 Å². The Labute approximate surface area is 129 Å². The molecule has 0 saturated heterocycles. The van der Waals surface area contributed by atoms with Gasteiger partial charge in [0.2, 0.25) is 0 Å². The zero-order valence-corrected chi connectivity index (χ0v) is 13.0. The van der Waals surface area contributed by atoms with Crippen LogP contribution >= 0.6 is 11.8 Å².